The number of aromatic nitrogens is 2. The number of imidazole rings is 1. The first-order chi connectivity index (χ1) is 12.6. The SMILES string of the molecule is CN1O[C@H](c2ccccc2Cl)C[C@@]1(Cn1ccnc1)c1ccc(F)cc1. The first kappa shape index (κ1) is 17.2. The maximum absolute atomic E-state index is 13.5. The van der Waals surface area contributed by atoms with Gasteiger partial charge in [-0.1, -0.05) is 41.9 Å². The maximum atomic E-state index is 13.5. The van der Waals surface area contributed by atoms with Crippen molar-refractivity contribution >= 4 is 11.6 Å². The van der Waals surface area contributed by atoms with Gasteiger partial charge in [-0.2, -0.15) is 5.06 Å². The summed E-state index contributed by atoms with van der Waals surface area (Å²) in [5.74, 6) is -0.254. The number of halogens is 2. The average Bonchev–Trinajstić information content (AvgIpc) is 3.25. The molecular weight excluding hydrogens is 353 g/mol. The van der Waals surface area contributed by atoms with Gasteiger partial charge in [0, 0.05) is 43.0 Å². The Morgan fingerprint density at radius 1 is 1.23 bits per heavy atom. The van der Waals surface area contributed by atoms with Gasteiger partial charge < -0.3 is 4.57 Å². The van der Waals surface area contributed by atoms with E-state index in [4.69, 9.17) is 16.4 Å². The van der Waals surface area contributed by atoms with Crippen LogP contribution in [0.4, 0.5) is 4.39 Å². The third-order valence-electron chi connectivity index (χ3n) is 5.05. The molecule has 0 unspecified atom stereocenters. The normalized spacial score (nSPS) is 23.4. The van der Waals surface area contributed by atoms with Crippen molar-refractivity contribution in [1.29, 1.82) is 0 Å². The second-order valence-electron chi connectivity index (χ2n) is 6.59. The van der Waals surface area contributed by atoms with E-state index >= 15 is 0 Å². The number of nitrogens with zero attached hydrogens (tertiary/aromatic N) is 3. The lowest BCUT2D eigenvalue weighted by Gasteiger charge is -2.34. The molecular formula is C20H19ClFN3O. The lowest BCUT2D eigenvalue weighted by Crippen LogP contribution is -2.41. The summed E-state index contributed by atoms with van der Waals surface area (Å²) in [6, 6.07) is 14.3. The van der Waals surface area contributed by atoms with Gasteiger partial charge in [-0.25, -0.2) is 9.37 Å². The van der Waals surface area contributed by atoms with Crippen LogP contribution >= 0.6 is 11.6 Å². The summed E-state index contributed by atoms with van der Waals surface area (Å²) < 4.78 is 15.5. The predicted octanol–water partition coefficient (Wildman–Crippen LogP) is 4.58. The highest BCUT2D eigenvalue weighted by Gasteiger charge is 2.47. The van der Waals surface area contributed by atoms with Crippen molar-refractivity contribution in [3.63, 3.8) is 0 Å². The number of likely N-dealkylation sites (N-methyl/N-ethyl adjacent to an activating group) is 1. The summed E-state index contributed by atoms with van der Waals surface area (Å²) in [4.78, 5) is 10.3. The standard InChI is InChI=1S/C20H19ClFN3O/c1-24-20(13-25-11-10-23-14-25,15-6-8-16(22)9-7-15)12-19(26-24)17-4-2-3-5-18(17)21/h2-11,14,19H,12-13H2,1H3/t19-,20+/m0/s1. The molecule has 1 aromatic heterocycles. The van der Waals surface area contributed by atoms with Gasteiger partial charge in [-0.3, -0.25) is 4.84 Å². The first-order valence-corrected chi connectivity index (χ1v) is 8.83. The largest absolute Gasteiger partial charge is 0.335 e. The van der Waals surface area contributed by atoms with Crippen molar-refractivity contribution in [3.8, 4) is 0 Å². The second kappa shape index (κ2) is 6.83. The zero-order valence-corrected chi connectivity index (χ0v) is 15.1. The molecule has 1 saturated heterocycles. The van der Waals surface area contributed by atoms with E-state index in [1.165, 1.54) is 12.1 Å². The molecule has 1 aliphatic heterocycles. The lowest BCUT2D eigenvalue weighted by molar-refractivity contribution is -0.176. The fraction of sp³-hybridized carbons (Fsp3) is 0.250. The van der Waals surface area contributed by atoms with Crippen molar-refractivity contribution < 1.29 is 9.23 Å². The summed E-state index contributed by atoms with van der Waals surface area (Å²) in [6.45, 7) is 0.635. The fourth-order valence-electron chi connectivity index (χ4n) is 3.66. The highest BCUT2D eigenvalue weighted by Crippen LogP contribution is 2.47. The molecule has 1 aliphatic rings. The molecule has 2 heterocycles. The number of rotatable bonds is 4. The summed E-state index contributed by atoms with van der Waals surface area (Å²) >= 11 is 6.39. The summed E-state index contributed by atoms with van der Waals surface area (Å²) in [7, 11) is 1.91. The second-order valence-corrected chi connectivity index (χ2v) is 7.00. The number of hydrogen-bond acceptors (Lipinski definition) is 3. The lowest BCUT2D eigenvalue weighted by atomic mass is 9.83. The molecule has 0 saturated carbocycles. The van der Waals surface area contributed by atoms with Gasteiger partial charge in [0.1, 0.15) is 11.9 Å². The number of hydroxylamine groups is 2. The van der Waals surface area contributed by atoms with Crippen LogP contribution in [0.25, 0.3) is 0 Å². The van der Waals surface area contributed by atoms with Crippen LogP contribution in [-0.4, -0.2) is 21.7 Å². The van der Waals surface area contributed by atoms with Gasteiger partial charge in [0.15, 0.2) is 0 Å². The highest BCUT2D eigenvalue weighted by atomic mass is 35.5. The van der Waals surface area contributed by atoms with E-state index in [0.717, 1.165) is 11.1 Å². The fourth-order valence-corrected chi connectivity index (χ4v) is 3.92. The Kier molecular flexibility index (Phi) is 4.53. The quantitative estimate of drug-likeness (QED) is 0.672. The smallest absolute Gasteiger partial charge is 0.123 e. The van der Waals surface area contributed by atoms with Crippen LogP contribution in [0.15, 0.2) is 67.3 Å². The molecule has 4 rings (SSSR count). The van der Waals surface area contributed by atoms with Gasteiger partial charge in [0.05, 0.1) is 11.9 Å². The van der Waals surface area contributed by atoms with Crippen LogP contribution < -0.4 is 0 Å². The first-order valence-electron chi connectivity index (χ1n) is 8.45. The van der Waals surface area contributed by atoms with Crippen LogP contribution in [0.5, 0.6) is 0 Å². The molecule has 0 radical (unpaired) electrons. The molecule has 0 spiro atoms. The van der Waals surface area contributed by atoms with E-state index in [1.54, 1.807) is 12.5 Å². The highest BCUT2D eigenvalue weighted by molar-refractivity contribution is 6.31. The van der Waals surface area contributed by atoms with Gasteiger partial charge in [-0.05, 0) is 23.8 Å². The van der Waals surface area contributed by atoms with Crippen LogP contribution in [0, 0.1) is 5.82 Å². The van der Waals surface area contributed by atoms with Crippen LogP contribution in [-0.2, 0) is 16.9 Å². The maximum Gasteiger partial charge on any atom is 0.123 e. The minimum atomic E-state index is -0.460. The number of hydrogen-bond donors (Lipinski definition) is 0. The molecule has 2 aromatic carbocycles. The molecule has 4 nitrogen and oxygen atoms in total. The van der Waals surface area contributed by atoms with E-state index in [1.807, 2.05) is 59.3 Å². The third-order valence-corrected chi connectivity index (χ3v) is 5.39. The molecule has 2 atom stereocenters. The van der Waals surface area contributed by atoms with Gasteiger partial charge in [0.25, 0.3) is 0 Å². The van der Waals surface area contributed by atoms with Crippen molar-refractivity contribution in [2.45, 2.75) is 24.6 Å². The van der Waals surface area contributed by atoms with E-state index in [-0.39, 0.29) is 11.9 Å². The van der Waals surface area contributed by atoms with Crippen LogP contribution in [0.3, 0.4) is 0 Å². The third kappa shape index (κ3) is 3.03. The Balaban J connectivity index is 1.75. The van der Waals surface area contributed by atoms with E-state index in [9.17, 15) is 4.39 Å². The van der Waals surface area contributed by atoms with Crippen molar-refractivity contribution in [3.05, 3.63) is 89.2 Å². The van der Waals surface area contributed by atoms with Crippen molar-refractivity contribution in [2.75, 3.05) is 7.05 Å². The van der Waals surface area contributed by atoms with Gasteiger partial charge in [0.2, 0.25) is 0 Å². The molecule has 0 N–H and O–H groups in total. The molecule has 0 bridgehead atoms. The topological polar surface area (TPSA) is 30.3 Å². The molecule has 1 fully saturated rings. The zero-order valence-electron chi connectivity index (χ0n) is 14.3. The molecule has 0 aliphatic carbocycles. The van der Waals surface area contributed by atoms with Crippen molar-refractivity contribution in [1.82, 2.24) is 14.6 Å². The molecule has 26 heavy (non-hydrogen) atoms. The monoisotopic (exact) mass is 371 g/mol. The zero-order chi connectivity index (χ0) is 18.1. The molecule has 134 valence electrons. The Morgan fingerprint density at radius 2 is 2.00 bits per heavy atom. The Hall–Kier alpha value is -2.21. The van der Waals surface area contributed by atoms with Crippen LogP contribution in [0.1, 0.15) is 23.7 Å². The Bertz CT molecular complexity index is 884. The molecule has 3 aromatic rings. The van der Waals surface area contributed by atoms with Gasteiger partial charge >= 0.3 is 0 Å². The molecule has 6 heteroatoms. The molecule has 0 amide bonds. The van der Waals surface area contributed by atoms with E-state index in [2.05, 4.69) is 4.98 Å². The number of benzene rings is 2. The van der Waals surface area contributed by atoms with Crippen molar-refractivity contribution in [2.24, 2.45) is 0 Å². The Labute approximate surface area is 156 Å². The van der Waals surface area contributed by atoms with Crippen LogP contribution in [0.2, 0.25) is 5.02 Å². The summed E-state index contributed by atoms with van der Waals surface area (Å²) in [5, 5.41) is 2.55. The summed E-state index contributed by atoms with van der Waals surface area (Å²) in [5.41, 5.74) is 1.48. The van der Waals surface area contributed by atoms with E-state index in [0.29, 0.717) is 18.0 Å². The minimum absolute atomic E-state index is 0.178. The van der Waals surface area contributed by atoms with Gasteiger partial charge in [-0.15, -0.1) is 0 Å². The Morgan fingerprint density at radius 3 is 2.69 bits per heavy atom. The predicted molar refractivity (Wildman–Crippen MR) is 98.0 cm³/mol. The summed E-state index contributed by atoms with van der Waals surface area (Å²) in [6.07, 6.45) is 5.96. The minimum Gasteiger partial charge on any atom is -0.335 e. The average molecular weight is 372 g/mol. The van der Waals surface area contributed by atoms with E-state index < -0.39 is 5.54 Å².